The molecule has 0 atom stereocenters. The average molecular weight is 217 g/mol. The van der Waals surface area contributed by atoms with Gasteiger partial charge in [0.1, 0.15) is 11.6 Å². The van der Waals surface area contributed by atoms with E-state index < -0.39 is 0 Å². The Morgan fingerprint density at radius 3 is 3.06 bits per heavy atom. The summed E-state index contributed by atoms with van der Waals surface area (Å²) in [5, 5.41) is 3.09. The topological polar surface area (TPSA) is 57.8 Å². The number of rotatable bonds is 4. The van der Waals surface area contributed by atoms with Crippen LogP contribution in [0, 0.1) is 6.92 Å². The molecule has 1 aromatic carbocycles. The predicted octanol–water partition coefficient (Wildman–Crippen LogP) is 1.55. The van der Waals surface area contributed by atoms with Crippen molar-refractivity contribution < 1.29 is 4.79 Å². The Labute approximate surface area is 94.1 Å². The molecule has 0 amide bonds. The zero-order chi connectivity index (χ0) is 11.5. The van der Waals surface area contributed by atoms with Gasteiger partial charge in [0.05, 0.1) is 17.6 Å². The fraction of sp³-hybridized carbons (Fsp3) is 0.333. The number of carbonyl (C=O) groups is 1. The number of fused-ring (bicyclic) bond motifs is 1. The molecule has 0 radical (unpaired) electrons. The quantitative estimate of drug-likeness (QED) is 0.817. The monoisotopic (exact) mass is 217 g/mol. The molecule has 0 bridgehead atoms. The summed E-state index contributed by atoms with van der Waals surface area (Å²) in [4.78, 5) is 18.3. The number of aromatic amines is 1. The van der Waals surface area contributed by atoms with Crippen LogP contribution in [0.1, 0.15) is 18.3 Å². The number of nitrogens with one attached hydrogen (secondary N) is 2. The van der Waals surface area contributed by atoms with E-state index in [1.807, 2.05) is 19.1 Å². The van der Waals surface area contributed by atoms with Crippen molar-refractivity contribution in [1.29, 1.82) is 0 Å². The van der Waals surface area contributed by atoms with Crippen molar-refractivity contribution in [2.45, 2.75) is 20.4 Å². The standard InChI is InChI=1S/C12H15N3O/c1-8(16)6-13-7-10-3-4-11-12(5-10)15-9(2)14-11/h3-5,13H,6-7H2,1-2H3,(H,14,15). The highest BCUT2D eigenvalue weighted by atomic mass is 16.1. The third kappa shape index (κ3) is 2.46. The number of nitrogens with zero attached hydrogens (tertiary/aromatic N) is 1. The first-order chi connectivity index (χ1) is 7.65. The molecule has 84 valence electrons. The van der Waals surface area contributed by atoms with Crippen molar-refractivity contribution in [1.82, 2.24) is 15.3 Å². The Balaban J connectivity index is 2.10. The summed E-state index contributed by atoms with van der Waals surface area (Å²) < 4.78 is 0. The number of aryl methyl sites for hydroxylation is 1. The second kappa shape index (κ2) is 4.45. The Bertz CT molecular complexity index is 516. The van der Waals surface area contributed by atoms with Gasteiger partial charge >= 0.3 is 0 Å². The summed E-state index contributed by atoms with van der Waals surface area (Å²) in [5.74, 6) is 1.07. The lowest BCUT2D eigenvalue weighted by atomic mass is 10.2. The Kier molecular flexibility index (Phi) is 3.01. The fourth-order valence-corrected chi connectivity index (χ4v) is 1.68. The number of imidazole rings is 1. The van der Waals surface area contributed by atoms with E-state index in [0.717, 1.165) is 22.4 Å². The van der Waals surface area contributed by atoms with Crippen LogP contribution in [-0.2, 0) is 11.3 Å². The number of hydrogen-bond donors (Lipinski definition) is 2. The van der Waals surface area contributed by atoms with E-state index in [1.54, 1.807) is 6.92 Å². The van der Waals surface area contributed by atoms with Crippen molar-refractivity contribution >= 4 is 16.8 Å². The van der Waals surface area contributed by atoms with Gasteiger partial charge in [0.15, 0.2) is 0 Å². The molecule has 4 heteroatoms. The van der Waals surface area contributed by atoms with Crippen molar-refractivity contribution in [3.63, 3.8) is 0 Å². The molecule has 2 N–H and O–H groups in total. The minimum atomic E-state index is 0.151. The maximum absolute atomic E-state index is 10.8. The maximum Gasteiger partial charge on any atom is 0.143 e. The number of benzene rings is 1. The zero-order valence-corrected chi connectivity index (χ0v) is 9.50. The Hall–Kier alpha value is -1.68. The molecule has 0 aliphatic heterocycles. The normalized spacial score (nSPS) is 10.9. The van der Waals surface area contributed by atoms with Gasteiger partial charge in [0.2, 0.25) is 0 Å². The molecule has 2 aromatic rings. The largest absolute Gasteiger partial charge is 0.342 e. The summed E-state index contributed by atoms with van der Waals surface area (Å²) in [6.45, 7) is 4.63. The van der Waals surface area contributed by atoms with Crippen LogP contribution < -0.4 is 5.32 Å². The number of ketones is 1. The molecule has 0 saturated carbocycles. The second-order valence-corrected chi connectivity index (χ2v) is 3.98. The van der Waals surface area contributed by atoms with E-state index in [9.17, 15) is 4.79 Å². The van der Waals surface area contributed by atoms with Gasteiger partial charge in [0.25, 0.3) is 0 Å². The SMILES string of the molecule is CC(=O)CNCc1ccc2nc(C)[nH]c2c1. The van der Waals surface area contributed by atoms with E-state index >= 15 is 0 Å². The van der Waals surface area contributed by atoms with Crippen molar-refractivity contribution in [3.05, 3.63) is 29.6 Å². The van der Waals surface area contributed by atoms with E-state index in [1.165, 1.54) is 0 Å². The molecule has 0 saturated heterocycles. The average Bonchev–Trinajstić information content (AvgIpc) is 2.56. The zero-order valence-electron chi connectivity index (χ0n) is 9.50. The molecule has 1 heterocycles. The highest BCUT2D eigenvalue weighted by Gasteiger charge is 2.00. The molecule has 1 aromatic heterocycles. The highest BCUT2D eigenvalue weighted by molar-refractivity contribution is 5.77. The van der Waals surface area contributed by atoms with Gasteiger partial charge < -0.3 is 10.3 Å². The molecular weight excluding hydrogens is 202 g/mol. The van der Waals surface area contributed by atoms with E-state index in [0.29, 0.717) is 13.1 Å². The van der Waals surface area contributed by atoms with Gasteiger partial charge in [0, 0.05) is 6.54 Å². The predicted molar refractivity (Wildman–Crippen MR) is 63.2 cm³/mol. The smallest absolute Gasteiger partial charge is 0.143 e. The number of carbonyl (C=O) groups excluding carboxylic acids is 1. The second-order valence-electron chi connectivity index (χ2n) is 3.98. The van der Waals surface area contributed by atoms with E-state index in [2.05, 4.69) is 21.4 Å². The third-order valence-electron chi connectivity index (χ3n) is 2.37. The molecule has 0 aliphatic rings. The minimum Gasteiger partial charge on any atom is -0.342 e. The summed E-state index contributed by atoms with van der Waals surface area (Å²) in [5.41, 5.74) is 3.17. The Morgan fingerprint density at radius 2 is 2.31 bits per heavy atom. The summed E-state index contributed by atoms with van der Waals surface area (Å²) in [7, 11) is 0. The first kappa shape index (κ1) is 10.8. The lowest BCUT2D eigenvalue weighted by Crippen LogP contribution is -2.20. The van der Waals surface area contributed by atoms with Crippen LogP contribution in [-0.4, -0.2) is 22.3 Å². The molecule has 0 aliphatic carbocycles. The van der Waals surface area contributed by atoms with Crippen molar-refractivity contribution in [2.24, 2.45) is 0 Å². The van der Waals surface area contributed by atoms with Crippen molar-refractivity contribution in [3.8, 4) is 0 Å². The number of H-pyrrole nitrogens is 1. The lowest BCUT2D eigenvalue weighted by Gasteiger charge is -2.02. The number of hydrogen-bond acceptors (Lipinski definition) is 3. The summed E-state index contributed by atoms with van der Waals surface area (Å²) >= 11 is 0. The molecular formula is C12H15N3O. The molecule has 0 unspecified atom stereocenters. The van der Waals surface area contributed by atoms with Crippen LogP contribution in [0.5, 0.6) is 0 Å². The van der Waals surface area contributed by atoms with Gasteiger partial charge in [-0.05, 0) is 31.5 Å². The van der Waals surface area contributed by atoms with Crippen LogP contribution in [0.15, 0.2) is 18.2 Å². The van der Waals surface area contributed by atoms with E-state index in [4.69, 9.17) is 0 Å². The lowest BCUT2D eigenvalue weighted by molar-refractivity contribution is -0.116. The van der Waals surface area contributed by atoms with Crippen LogP contribution in [0.3, 0.4) is 0 Å². The molecule has 4 nitrogen and oxygen atoms in total. The number of aromatic nitrogens is 2. The van der Waals surface area contributed by atoms with Gasteiger partial charge in [-0.15, -0.1) is 0 Å². The van der Waals surface area contributed by atoms with Crippen LogP contribution in [0.4, 0.5) is 0 Å². The van der Waals surface area contributed by atoms with E-state index in [-0.39, 0.29) is 5.78 Å². The first-order valence-corrected chi connectivity index (χ1v) is 5.30. The molecule has 0 fully saturated rings. The van der Waals surface area contributed by atoms with Crippen molar-refractivity contribution in [2.75, 3.05) is 6.54 Å². The fourth-order valence-electron chi connectivity index (χ4n) is 1.68. The summed E-state index contributed by atoms with van der Waals surface area (Å²) in [6.07, 6.45) is 0. The first-order valence-electron chi connectivity index (χ1n) is 5.30. The van der Waals surface area contributed by atoms with Crippen LogP contribution >= 0.6 is 0 Å². The summed E-state index contributed by atoms with van der Waals surface area (Å²) in [6, 6.07) is 6.07. The third-order valence-corrected chi connectivity index (χ3v) is 2.37. The van der Waals surface area contributed by atoms with Crippen LogP contribution in [0.2, 0.25) is 0 Å². The molecule has 16 heavy (non-hydrogen) atoms. The minimum absolute atomic E-state index is 0.151. The van der Waals surface area contributed by atoms with Crippen LogP contribution in [0.25, 0.3) is 11.0 Å². The molecule has 2 rings (SSSR count). The Morgan fingerprint density at radius 1 is 1.50 bits per heavy atom. The van der Waals surface area contributed by atoms with Gasteiger partial charge in [-0.1, -0.05) is 6.07 Å². The number of Topliss-reactive ketones (excluding diaryl/α,β-unsaturated/α-hetero) is 1. The van der Waals surface area contributed by atoms with Gasteiger partial charge in [-0.3, -0.25) is 4.79 Å². The van der Waals surface area contributed by atoms with Gasteiger partial charge in [-0.25, -0.2) is 4.98 Å². The maximum atomic E-state index is 10.8. The highest BCUT2D eigenvalue weighted by Crippen LogP contribution is 2.13. The van der Waals surface area contributed by atoms with Gasteiger partial charge in [-0.2, -0.15) is 0 Å². The molecule has 0 spiro atoms.